The minimum atomic E-state index is -1.26. The van der Waals surface area contributed by atoms with Crippen molar-refractivity contribution in [2.24, 2.45) is 0 Å². The molecular formula is C18H23N5O7. The van der Waals surface area contributed by atoms with Gasteiger partial charge in [-0.1, -0.05) is 13.8 Å². The van der Waals surface area contributed by atoms with Gasteiger partial charge in [-0.3, -0.25) is 14.4 Å². The van der Waals surface area contributed by atoms with E-state index in [1.165, 1.54) is 6.20 Å². The lowest BCUT2D eigenvalue weighted by molar-refractivity contribution is -0.803. The van der Waals surface area contributed by atoms with E-state index in [0.717, 1.165) is 13.1 Å². The maximum atomic E-state index is 12.2. The molecule has 0 radical (unpaired) electrons. The van der Waals surface area contributed by atoms with Crippen molar-refractivity contribution < 1.29 is 34.1 Å². The summed E-state index contributed by atoms with van der Waals surface area (Å²) >= 11 is 0. The molecule has 12 heteroatoms. The molecule has 2 heterocycles. The molecule has 0 spiro atoms. The minimum absolute atomic E-state index is 0.120. The summed E-state index contributed by atoms with van der Waals surface area (Å²) in [7, 11) is 0. The average Bonchev–Trinajstić information content (AvgIpc) is 3.12. The van der Waals surface area contributed by atoms with E-state index in [0.29, 0.717) is 30.8 Å². The molecule has 0 aliphatic rings. The van der Waals surface area contributed by atoms with Gasteiger partial charge < -0.3 is 25.6 Å². The predicted molar refractivity (Wildman–Crippen MR) is 103 cm³/mol. The van der Waals surface area contributed by atoms with E-state index in [2.05, 4.69) is 38.8 Å². The molecular weight excluding hydrogens is 398 g/mol. The molecule has 2 aromatic heterocycles. The lowest BCUT2D eigenvalue weighted by atomic mass is 10.1. The summed E-state index contributed by atoms with van der Waals surface area (Å²) in [4.78, 5) is 37.6. The zero-order valence-electron chi connectivity index (χ0n) is 16.5. The largest absolute Gasteiger partial charge is 0.478 e. The van der Waals surface area contributed by atoms with E-state index in [1.807, 2.05) is 0 Å². The first-order chi connectivity index (χ1) is 14.3. The number of amides is 1. The lowest BCUT2D eigenvalue weighted by Crippen LogP contribution is -2.40. The van der Waals surface area contributed by atoms with Crippen molar-refractivity contribution in [2.45, 2.75) is 13.8 Å². The van der Waals surface area contributed by atoms with Crippen LogP contribution >= 0.6 is 0 Å². The number of aliphatic carboxylic acids is 2. The van der Waals surface area contributed by atoms with E-state index in [9.17, 15) is 19.6 Å². The first-order valence-electron chi connectivity index (χ1n) is 8.94. The Morgan fingerprint density at radius 3 is 2.37 bits per heavy atom. The van der Waals surface area contributed by atoms with Crippen LogP contribution in [0.3, 0.4) is 0 Å². The molecule has 0 fully saturated rings. The van der Waals surface area contributed by atoms with E-state index in [-0.39, 0.29) is 16.3 Å². The predicted octanol–water partition coefficient (Wildman–Crippen LogP) is 0.153. The Hall–Kier alpha value is -3.80. The number of likely N-dealkylation sites (N-methyl/N-ethyl adjacent to an activating group) is 1. The van der Waals surface area contributed by atoms with Gasteiger partial charge in [0.05, 0.1) is 5.56 Å². The summed E-state index contributed by atoms with van der Waals surface area (Å²) in [6, 6.07) is 3.40. The van der Waals surface area contributed by atoms with Crippen LogP contribution < -0.4 is 10.2 Å². The number of aromatic nitrogens is 3. The first kappa shape index (κ1) is 24.2. The Labute approximate surface area is 172 Å². The Morgan fingerprint density at radius 2 is 1.87 bits per heavy atom. The Bertz CT molecular complexity index is 847. The Kier molecular flexibility index (Phi) is 10.2. The quantitative estimate of drug-likeness (QED) is 0.374. The van der Waals surface area contributed by atoms with Crippen LogP contribution in [0.15, 0.2) is 41.3 Å². The topological polar surface area (TPSA) is 173 Å². The molecule has 30 heavy (non-hydrogen) atoms. The molecule has 3 N–H and O–H groups in total. The number of nitrogens with zero attached hydrogens (tertiary/aromatic N) is 4. The van der Waals surface area contributed by atoms with Gasteiger partial charge in [0, 0.05) is 42.8 Å². The highest BCUT2D eigenvalue weighted by Crippen LogP contribution is 2.17. The number of carboxylic acids is 2. The molecule has 162 valence electrons. The monoisotopic (exact) mass is 421 g/mol. The first-order valence-corrected chi connectivity index (χ1v) is 8.94. The number of hydrogen-bond acceptors (Lipinski definition) is 8. The zero-order chi connectivity index (χ0) is 22.5. The van der Waals surface area contributed by atoms with Gasteiger partial charge in [-0.05, 0) is 30.1 Å². The second-order valence-corrected chi connectivity index (χ2v) is 5.66. The molecule has 0 bridgehead atoms. The molecule has 1 amide bonds. The van der Waals surface area contributed by atoms with Gasteiger partial charge in [-0.15, -0.1) is 0 Å². The summed E-state index contributed by atoms with van der Waals surface area (Å²) in [6.45, 7) is 7.07. The molecule has 0 aliphatic carbocycles. The van der Waals surface area contributed by atoms with Crippen molar-refractivity contribution in [2.75, 3.05) is 26.2 Å². The van der Waals surface area contributed by atoms with Gasteiger partial charge in [-0.25, -0.2) is 9.59 Å². The van der Waals surface area contributed by atoms with Crippen LogP contribution in [0.1, 0.15) is 24.3 Å². The van der Waals surface area contributed by atoms with Crippen molar-refractivity contribution in [1.82, 2.24) is 20.4 Å². The highest BCUT2D eigenvalue weighted by atomic mass is 16.8. The van der Waals surface area contributed by atoms with Crippen molar-refractivity contribution in [3.63, 3.8) is 0 Å². The molecule has 0 saturated heterocycles. The fourth-order valence-electron chi connectivity index (χ4n) is 2.22. The maximum absolute atomic E-state index is 12.2. The van der Waals surface area contributed by atoms with Crippen LogP contribution in [0.2, 0.25) is 0 Å². The average molecular weight is 421 g/mol. The van der Waals surface area contributed by atoms with Gasteiger partial charge in [0.25, 0.3) is 17.3 Å². The van der Waals surface area contributed by atoms with Crippen LogP contribution in [0.4, 0.5) is 0 Å². The fraction of sp³-hybridized carbons (Fsp3) is 0.333. The Morgan fingerprint density at radius 1 is 1.23 bits per heavy atom. The number of pyridine rings is 1. The standard InChI is InChI=1S/C14H19N5O3.C4H4O4/c1-3-18(4-2)9-8-16-14(20)13-12(17-22-19(13)21)11-6-5-7-15-10-11;5-3(6)1-2-4(7)8/h5-7,10H,3-4,8-9H2,1-2H3,(H,16,20);1-2H,(H,5,6)(H,7,8)/b;2-1+. The van der Waals surface area contributed by atoms with Gasteiger partial charge >= 0.3 is 11.9 Å². The zero-order valence-corrected chi connectivity index (χ0v) is 16.5. The lowest BCUT2D eigenvalue weighted by Gasteiger charge is -2.17. The molecule has 0 unspecified atom stereocenters. The number of hydrogen-bond donors (Lipinski definition) is 3. The van der Waals surface area contributed by atoms with Gasteiger partial charge in [-0.2, -0.15) is 0 Å². The number of nitrogens with one attached hydrogen (secondary N) is 1. The normalized spacial score (nSPS) is 10.5. The van der Waals surface area contributed by atoms with E-state index in [1.54, 1.807) is 18.3 Å². The molecule has 0 aromatic carbocycles. The molecule has 2 rings (SSSR count). The van der Waals surface area contributed by atoms with Crippen LogP contribution in [0.25, 0.3) is 11.3 Å². The highest BCUT2D eigenvalue weighted by molar-refractivity contribution is 5.96. The number of carboxylic acid groups (broad SMARTS) is 2. The number of carbonyl (C=O) groups excluding carboxylic acids is 1. The summed E-state index contributed by atoms with van der Waals surface area (Å²) < 4.78 is 4.55. The van der Waals surface area contributed by atoms with Crippen LogP contribution in [0.5, 0.6) is 0 Å². The highest BCUT2D eigenvalue weighted by Gasteiger charge is 2.27. The van der Waals surface area contributed by atoms with Crippen LogP contribution in [-0.4, -0.2) is 69.3 Å². The third kappa shape index (κ3) is 8.06. The van der Waals surface area contributed by atoms with Gasteiger partial charge in [0.15, 0.2) is 0 Å². The fourth-order valence-corrected chi connectivity index (χ4v) is 2.22. The molecule has 2 aromatic rings. The molecule has 12 nitrogen and oxygen atoms in total. The second-order valence-electron chi connectivity index (χ2n) is 5.66. The maximum Gasteiger partial charge on any atom is 0.328 e. The van der Waals surface area contributed by atoms with Crippen molar-refractivity contribution in [1.29, 1.82) is 0 Å². The summed E-state index contributed by atoms with van der Waals surface area (Å²) in [5.41, 5.74) is 0.575. The Balaban J connectivity index is 0.000000479. The van der Waals surface area contributed by atoms with E-state index >= 15 is 0 Å². The van der Waals surface area contributed by atoms with Crippen molar-refractivity contribution in [3.8, 4) is 11.3 Å². The summed E-state index contributed by atoms with van der Waals surface area (Å²) in [5, 5.41) is 33.6. The van der Waals surface area contributed by atoms with E-state index in [4.69, 9.17) is 10.2 Å². The molecule has 0 atom stereocenters. The van der Waals surface area contributed by atoms with Crippen molar-refractivity contribution in [3.05, 3.63) is 47.6 Å². The van der Waals surface area contributed by atoms with Gasteiger partial charge in [0.2, 0.25) is 0 Å². The number of carbonyl (C=O) groups is 3. The minimum Gasteiger partial charge on any atom is -0.478 e. The third-order valence-corrected chi connectivity index (χ3v) is 3.74. The van der Waals surface area contributed by atoms with Crippen LogP contribution in [0, 0.1) is 5.21 Å². The van der Waals surface area contributed by atoms with Gasteiger partial charge in [0.1, 0.15) is 0 Å². The third-order valence-electron chi connectivity index (χ3n) is 3.74. The smallest absolute Gasteiger partial charge is 0.328 e. The summed E-state index contributed by atoms with van der Waals surface area (Å²) in [6.07, 6.45) is 4.23. The van der Waals surface area contributed by atoms with Crippen molar-refractivity contribution >= 4 is 17.8 Å². The summed E-state index contributed by atoms with van der Waals surface area (Å²) in [5.74, 6) is -3.03. The second kappa shape index (κ2) is 12.6. The SMILES string of the molecule is CCN(CC)CCNC(=O)c1c(-c2cccnc2)no[n+]1[O-].O=C(O)/C=C/C(=O)O. The number of rotatable bonds is 9. The molecule has 0 saturated carbocycles. The molecule has 0 aliphatic heterocycles. The van der Waals surface area contributed by atoms with Crippen LogP contribution in [-0.2, 0) is 9.59 Å². The van der Waals surface area contributed by atoms with E-state index < -0.39 is 17.8 Å².